The molecule has 2 aromatic heterocycles. The van der Waals surface area contributed by atoms with Crippen molar-refractivity contribution < 1.29 is 4.42 Å². The first kappa shape index (κ1) is 17.1. The monoisotopic (exact) mass is 375 g/mol. The third-order valence-corrected chi connectivity index (χ3v) is 4.91. The van der Waals surface area contributed by atoms with E-state index in [2.05, 4.69) is 23.2 Å². The number of pyridine rings is 1. The maximum Gasteiger partial charge on any atom is 0.200 e. The van der Waals surface area contributed by atoms with Crippen molar-refractivity contribution in [2.45, 2.75) is 0 Å². The van der Waals surface area contributed by atoms with E-state index in [0.717, 1.165) is 11.0 Å². The molecule has 0 fully saturated rings. The minimum Gasteiger partial charge on any atom is -0.456 e. The number of hydrogen-bond acceptors (Lipinski definition) is 3. The highest BCUT2D eigenvalue weighted by molar-refractivity contribution is 5.92. The van der Waals surface area contributed by atoms with Crippen LogP contribution in [0, 0.1) is 0 Å². The fraction of sp³-hybridized carbons (Fsp3) is 0. The Kier molecular flexibility index (Phi) is 4.26. The Bertz CT molecular complexity index is 1370. The second kappa shape index (κ2) is 7.21. The molecule has 138 valence electrons. The zero-order valence-corrected chi connectivity index (χ0v) is 15.6. The summed E-state index contributed by atoms with van der Waals surface area (Å²) < 4.78 is 5.63. The standard InChI is InChI=1S/C13H9N.C13H8O2/c1-3-7-12-10(5-1)9-11-6-2-4-8-13(11)14-12;14-13-9-5-1-3-7-11(9)15-12-8-4-2-6-10(12)13/h1-9H;1-8H. The van der Waals surface area contributed by atoms with Crippen LogP contribution in [0.2, 0.25) is 0 Å². The summed E-state index contributed by atoms with van der Waals surface area (Å²) in [5, 5.41) is 3.67. The fourth-order valence-corrected chi connectivity index (χ4v) is 3.47. The second-order valence-electron chi connectivity index (χ2n) is 6.80. The summed E-state index contributed by atoms with van der Waals surface area (Å²) >= 11 is 0. The largest absolute Gasteiger partial charge is 0.456 e. The van der Waals surface area contributed by atoms with Crippen LogP contribution in [0.4, 0.5) is 0 Å². The Hall–Kier alpha value is -3.98. The molecule has 2 heterocycles. The molecule has 0 saturated carbocycles. The lowest BCUT2D eigenvalue weighted by atomic mass is 10.1. The molecule has 6 rings (SSSR count). The van der Waals surface area contributed by atoms with E-state index in [4.69, 9.17) is 4.42 Å². The molecular formula is C26H17NO2. The van der Waals surface area contributed by atoms with Crippen LogP contribution in [-0.4, -0.2) is 4.98 Å². The van der Waals surface area contributed by atoms with Crippen LogP contribution in [0.25, 0.3) is 43.7 Å². The normalized spacial score (nSPS) is 10.9. The molecule has 3 nitrogen and oxygen atoms in total. The third-order valence-electron chi connectivity index (χ3n) is 4.91. The summed E-state index contributed by atoms with van der Waals surface area (Å²) in [4.78, 5) is 16.6. The van der Waals surface area contributed by atoms with E-state index in [-0.39, 0.29) is 5.43 Å². The molecule has 29 heavy (non-hydrogen) atoms. The van der Waals surface area contributed by atoms with Crippen molar-refractivity contribution in [3.8, 4) is 0 Å². The van der Waals surface area contributed by atoms with Gasteiger partial charge < -0.3 is 4.42 Å². The van der Waals surface area contributed by atoms with Gasteiger partial charge in [0, 0.05) is 10.8 Å². The first-order valence-corrected chi connectivity index (χ1v) is 9.45. The van der Waals surface area contributed by atoms with Gasteiger partial charge in [0.25, 0.3) is 0 Å². The maximum absolute atomic E-state index is 12.0. The predicted molar refractivity (Wildman–Crippen MR) is 119 cm³/mol. The third kappa shape index (κ3) is 3.23. The molecule has 0 aliphatic carbocycles. The van der Waals surface area contributed by atoms with E-state index in [1.165, 1.54) is 10.8 Å². The van der Waals surface area contributed by atoms with Crippen LogP contribution in [0.15, 0.2) is 112 Å². The molecule has 0 amide bonds. The maximum atomic E-state index is 12.0. The summed E-state index contributed by atoms with van der Waals surface area (Å²) in [6.45, 7) is 0. The predicted octanol–water partition coefficient (Wildman–Crippen LogP) is 6.33. The van der Waals surface area contributed by atoms with Gasteiger partial charge >= 0.3 is 0 Å². The van der Waals surface area contributed by atoms with Gasteiger partial charge in [-0.1, -0.05) is 60.7 Å². The van der Waals surface area contributed by atoms with Gasteiger partial charge in [0.15, 0.2) is 0 Å². The Balaban J connectivity index is 0.000000125. The number of para-hydroxylation sites is 4. The topological polar surface area (TPSA) is 43.1 Å². The van der Waals surface area contributed by atoms with E-state index >= 15 is 0 Å². The van der Waals surface area contributed by atoms with Gasteiger partial charge in [0.05, 0.1) is 21.8 Å². The molecule has 0 spiro atoms. The van der Waals surface area contributed by atoms with Gasteiger partial charge in [-0.2, -0.15) is 0 Å². The van der Waals surface area contributed by atoms with Gasteiger partial charge in [-0.25, -0.2) is 4.98 Å². The molecule has 3 heteroatoms. The highest BCUT2D eigenvalue weighted by atomic mass is 16.3. The second-order valence-corrected chi connectivity index (χ2v) is 6.80. The molecule has 0 unspecified atom stereocenters. The first-order valence-electron chi connectivity index (χ1n) is 9.45. The molecule has 0 radical (unpaired) electrons. The van der Waals surface area contributed by atoms with Crippen molar-refractivity contribution in [3.05, 3.63) is 113 Å². The van der Waals surface area contributed by atoms with Crippen LogP contribution in [0.5, 0.6) is 0 Å². The van der Waals surface area contributed by atoms with Crippen LogP contribution in [0.1, 0.15) is 0 Å². The minimum atomic E-state index is 0.0347. The average molecular weight is 375 g/mol. The Morgan fingerprint density at radius 1 is 0.552 bits per heavy atom. The molecule has 0 N–H and O–H groups in total. The van der Waals surface area contributed by atoms with E-state index in [9.17, 15) is 4.79 Å². The summed E-state index contributed by atoms with van der Waals surface area (Å²) in [6.07, 6.45) is 0. The van der Waals surface area contributed by atoms with E-state index in [0.29, 0.717) is 21.9 Å². The van der Waals surface area contributed by atoms with Crippen molar-refractivity contribution in [3.63, 3.8) is 0 Å². The fourth-order valence-electron chi connectivity index (χ4n) is 3.47. The van der Waals surface area contributed by atoms with Crippen LogP contribution in [-0.2, 0) is 0 Å². The first-order chi connectivity index (χ1) is 14.3. The molecule has 0 aliphatic heterocycles. The van der Waals surface area contributed by atoms with E-state index in [1.54, 1.807) is 12.1 Å². The lowest BCUT2D eigenvalue weighted by Gasteiger charge is -1.99. The zero-order chi connectivity index (χ0) is 19.6. The molecule has 0 bridgehead atoms. The van der Waals surface area contributed by atoms with Crippen molar-refractivity contribution in [2.24, 2.45) is 0 Å². The van der Waals surface area contributed by atoms with Crippen molar-refractivity contribution in [2.75, 3.05) is 0 Å². The lowest BCUT2D eigenvalue weighted by Crippen LogP contribution is -2.01. The Labute approximate surface area is 166 Å². The van der Waals surface area contributed by atoms with Crippen LogP contribution >= 0.6 is 0 Å². The van der Waals surface area contributed by atoms with E-state index < -0.39 is 0 Å². The average Bonchev–Trinajstić information content (AvgIpc) is 2.78. The van der Waals surface area contributed by atoms with Crippen LogP contribution < -0.4 is 5.43 Å². The molecule has 4 aromatic carbocycles. The molecular weight excluding hydrogens is 358 g/mol. The Morgan fingerprint density at radius 2 is 1.00 bits per heavy atom. The van der Waals surface area contributed by atoms with E-state index in [1.807, 2.05) is 72.8 Å². The molecule has 0 atom stereocenters. The van der Waals surface area contributed by atoms with Crippen molar-refractivity contribution in [1.29, 1.82) is 0 Å². The summed E-state index contributed by atoms with van der Waals surface area (Å²) in [6, 6.07) is 33.2. The number of benzene rings is 4. The smallest absolute Gasteiger partial charge is 0.200 e. The van der Waals surface area contributed by atoms with Gasteiger partial charge in [0.2, 0.25) is 5.43 Å². The molecule has 6 aromatic rings. The highest BCUT2D eigenvalue weighted by Gasteiger charge is 2.05. The SMILES string of the molecule is O=c1c2ccccc2oc2ccccc12.c1ccc2nc3ccccc3cc2c1. The molecule has 0 aliphatic rings. The number of rotatable bonds is 0. The molecule has 0 saturated heterocycles. The summed E-state index contributed by atoms with van der Waals surface area (Å²) in [5.74, 6) is 0. The number of hydrogen-bond donors (Lipinski definition) is 0. The van der Waals surface area contributed by atoms with Gasteiger partial charge in [-0.15, -0.1) is 0 Å². The quantitative estimate of drug-likeness (QED) is 0.291. The van der Waals surface area contributed by atoms with Crippen molar-refractivity contribution in [1.82, 2.24) is 4.98 Å². The highest BCUT2D eigenvalue weighted by Crippen LogP contribution is 2.19. The summed E-state index contributed by atoms with van der Waals surface area (Å²) in [5.41, 5.74) is 3.44. The lowest BCUT2D eigenvalue weighted by molar-refractivity contribution is 0.660. The number of nitrogens with zero attached hydrogens (tertiary/aromatic N) is 1. The number of aromatic nitrogens is 1. The zero-order valence-electron chi connectivity index (χ0n) is 15.6. The van der Waals surface area contributed by atoms with Crippen LogP contribution in [0.3, 0.4) is 0 Å². The summed E-state index contributed by atoms with van der Waals surface area (Å²) in [7, 11) is 0. The van der Waals surface area contributed by atoms with Gasteiger partial charge in [-0.05, 0) is 42.5 Å². The van der Waals surface area contributed by atoms with Gasteiger partial charge in [-0.3, -0.25) is 4.79 Å². The Morgan fingerprint density at radius 3 is 1.55 bits per heavy atom. The number of fused-ring (bicyclic) bond motifs is 4. The van der Waals surface area contributed by atoms with Gasteiger partial charge in [0.1, 0.15) is 11.2 Å². The van der Waals surface area contributed by atoms with Crippen molar-refractivity contribution >= 4 is 43.7 Å². The minimum absolute atomic E-state index is 0.0347.